The van der Waals surface area contributed by atoms with Crippen molar-refractivity contribution < 1.29 is 4.39 Å². The Morgan fingerprint density at radius 2 is 2.06 bits per heavy atom. The maximum Gasteiger partial charge on any atom is 0.124 e. The first-order chi connectivity index (χ1) is 8.02. The molecule has 0 spiro atoms. The first-order valence-corrected chi connectivity index (χ1v) is 6.58. The lowest BCUT2D eigenvalue weighted by atomic mass is 9.97. The molecule has 1 unspecified atom stereocenters. The zero-order chi connectivity index (χ0) is 12.8. The fraction of sp³-hybridized carbons (Fsp3) is 0.571. The van der Waals surface area contributed by atoms with Gasteiger partial charge in [0.15, 0.2) is 0 Å². The lowest BCUT2D eigenvalue weighted by molar-refractivity contribution is 0.423. The second kappa shape index (κ2) is 6.97. The van der Waals surface area contributed by atoms with Crippen LogP contribution in [-0.4, -0.2) is 12.6 Å². The summed E-state index contributed by atoms with van der Waals surface area (Å²) in [5.41, 5.74) is 1.01. The fourth-order valence-electron chi connectivity index (χ4n) is 2.05. The molecule has 0 aliphatic carbocycles. The Morgan fingerprint density at radius 3 is 2.59 bits per heavy atom. The van der Waals surface area contributed by atoms with Gasteiger partial charge in [0.25, 0.3) is 0 Å². The summed E-state index contributed by atoms with van der Waals surface area (Å²) in [6.07, 6.45) is 1.95. The molecule has 1 nitrogen and oxygen atoms in total. The van der Waals surface area contributed by atoms with Crippen molar-refractivity contribution >= 4 is 11.6 Å². The maximum absolute atomic E-state index is 12.9. The van der Waals surface area contributed by atoms with Gasteiger partial charge < -0.3 is 5.32 Å². The molecular formula is C14H21ClFN. The van der Waals surface area contributed by atoms with Crippen molar-refractivity contribution in [2.75, 3.05) is 6.54 Å². The largest absolute Gasteiger partial charge is 0.314 e. The topological polar surface area (TPSA) is 12.0 Å². The number of hydrogen-bond acceptors (Lipinski definition) is 1. The van der Waals surface area contributed by atoms with Crippen LogP contribution >= 0.6 is 11.6 Å². The van der Waals surface area contributed by atoms with Gasteiger partial charge in [0.2, 0.25) is 0 Å². The Hall–Kier alpha value is -0.600. The van der Waals surface area contributed by atoms with Crippen LogP contribution in [0.25, 0.3) is 0 Å². The SMILES string of the molecule is CCNC(Cc1ccc(F)cc1Cl)CC(C)C. The Labute approximate surface area is 108 Å². The minimum Gasteiger partial charge on any atom is -0.314 e. The third-order valence-electron chi connectivity index (χ3n) is 2.73. The Balaban J connectivity index is 2.71. The predicted molar refractivity (Wildman–Crippen MR) is 72.0 cm³/mol. The van der Waals surface area contributed by atoms with E-state index in [9.17, 15) is 4.39 Å². The molecule has 17 heavy (non-hydrogen) atoms. The molecule has 0 amide bonds. The van der Waals surface area contributed by atoms with Gasteiger partial charge in [-0.05, 0) is 43.0 Å². The third kappa shape index (κ3) is 5.05. The Kier molecular flexibility index (Phi) is 5.93. The van der Waals surface area contributed by atoms with Crippen molar-refractivity contribution in [3.05, 3.63) is 34.6 Å². The van der Waals surface area contributed by atoms with E-state index in [1.54, 1.807) is 6.07 Å². The van der Waals surface area contributed by atoms with Crippen LogP contribution in [0.3, 0.4) is 0 Å². The summed E-state index contributed by atoms with van der Waals surface area (Å²) in [5.74, 6) is 0.362. The van der Waals surface area contributed by atoms with Crippen molar-refractivity contribution in [3.8, 4) is 0 Å². The van der Waals surface area contributed by atoms with E-state index < -0.39 is 0 Å². The van der Waals surface area contributed by atoms with Gasteiger partial charge in [0.05, 0.1) is 0 Å². The van der Waals surface area contributed by atoms with Crippen molar-refractivity contribution in [1.82, 2.24) is 5.32 Å². The molecule has 0 heterocycles. The maximum atomic E-state index is 12.9. The molecule has 0 saturated carbocycles. The van der Waals surface area contributed by atoms with E-state index in [2.05, 4.69) is 26.1 Å². The smallest absolute Gasteiger partial charge is 0.124 e. The third-order valence-corrected chi connectivity index (χ3v) is 3.08. The quantitative estimate of drug-likeness (QED) is 0.811. The zero-order valence-corrected chi connectivity index (χ0v) is 11.5. The minimum absolute atomic E-state index is 0.275. The van der Waals surface area contributed by atoms with Gasteiger partial charge in [-0.15, -0.1) is 0 Å². The monoisotopic (exact) mass is 257 g/mol. The van der Waals surface area contributed by atoms with E-state index in [1.807, 2.05) is 0 Å². The van der Waals surface area contributed by atoms with Crippen LogP contribution in [0.1, 0.15) is 32.8 Å². The summed E-state index contributed by atoms with van der Waals surface area (Å²) in [7, 11) is 0. The molecule has 0 aliphatic rings. The van der Waals surface area contributed by atoms with E-state index >= 15 is 0 Å². The Morgan fingerprint density at radius 1 is 1.35 bits per heavy atom. The van der Waals surface area contributed by atoms with Gasteiger partial charge in [0.1, 0.15) is 5.82 Å². The Bertz CT molecular complexity index is 352. The molecule has 1 aromatic carbocycles. The molecule has 1 atom stereocenters. The molecule has 0 aromatic heterocycles. The van der Waals surface area contributed by atoms with E-state index in [0.29, 0.717) is 17.0 Å². The highest BCUT2D eigenvalue weighted by molar-refractivity contribution is 6.31. The highest BCUT2D eigenvalue weighted by Crippen LogP contribution is 2.20. The molecule has 3 heteroatoms. The molecule has 1 N–H and O–H groups in total. The summed E-state index contributed by atoms with van der Waals surface area (Å²) < 4.78 is 12.9. The molecular weight excluding hydrogens is 237 g/mol. The van der Waals surface area contributed by atoms with Gasteiger partial charge in [-0.1, -0.05) is 38.4 Å². The van der Waals surface area contributed by atoms with E-state index in [1.165, 1.54) is 12.1 Å². The van der Waals surface area contributed by atoms with Gasteiger partial charge in [-0.3, -0.25) is 0 Å². The lowest BCUT2D eigenvalue weighted by Crippen LogP contribution is -2.32. The number of rotatable bonds is 6. The van der Waals surface area contributed by atoms with Crippen LogP contribution in [0, 0.1) is 11.7 Å². The normalized spacial score (nSPS) is 13.1. The number of benzene rings is 1. The highest BCUT2D eigenvalue weighted by atomic mass is 35.5. The van der Waals surface area contributed by atoms with E-state index in [4.69, 9.17) is 11.6 Å². The summed E-state index contributed by atoms with van der Waals surface area (Å²) in [5, 5.41) is 3.98. The zero-order valence-electron chi connectivity index (χ0n) is 10.8. The van der Waals surface area contributed by atoms with Crippen molar-refractivity contribution in [3.63, 3.8) is 0 Å². The van der Waals surface area contributed by atoms with E-state index in [-0.39, 0.29) is 5.82 Å². The van der Waals surface area contributed by atoms with Crippen LogP contribution in [-0.2, 0) is 6.42 Å². The van der Waals surface area contributed by atoms with Crippen LogP contribution < -0.4 is 5.32 Å². The number of likely N-dealkylation sites (N-methyl/N-ethyl adjacent to an activating group) is 1. The second-order valence-electron chi connectivity index (χ2n) is 4.82. The molecule has 1 aromatic rings. The van der Waals surface area contributed by atoms with Gasteiger partial charge >= 0.3 is 0 Å². The number of halogens is 2. The summed E-state index contributed by atoms with van der Waals surface area (Å²) >= 11 is 6.04. The fourth-order valence-corrected chi connectivity index (χ4v) is 2.29. The molecule has 96 valence electrons. The molecule has 0 saturated heterocycles. The first kappa shape index (κ1) is 14.5. The predicted octanol–water partition coefficient (Wildman–Crippen LogP) is 4.05. The summed E-state index contributed by atoms with van der Waals surface area (Å²) in [6, 6.07) is 5.04. The van der Waals surface area contributed by atoms with Crippen molar-refractivity contribution in [2.24, 2.45) is 5.92 Å². The molecule has 0 bridgehead atoms. The standard InChI is InChI=1S/C14H21ClFN/c1-4-17-13(7-10(2)3)8-11-5-6-12(16)9-14(11)15/h5-6,9-10,13,17H,4,7-8H2,1-3H3. The first-order valence-electron chi connectivity index (χ1n) is 6.20. The van der Waals surface area contributed by atoms with Gasteiger partial charge in [0, 0.05) is 11.1 Å². The second-order valence-corrected chi connectivity index (χ2v) is 5.23. The highest BCUT2D eigenvalue weighted by Gasteiger charge is 2.12. The van der Waals surface area contributed by atoms with Gasteiger partial charge in [-0.2, -0.15) is 0 Å². The average Bonchev–Trinajstić information content (AvgIpc) is 2.21. The van der Waals surface area contributed by atoms with Crippen LogP contribution in [0.2, 0.25) is 5.02 Å². The molecule has 1 rings (SSSR count). The lowest BCUT2D eigenvalue weighted by Gasteiger charge is -2.20. The molecule has 0 fully saturated rings. The minimum atomic E-state index is -0.275. The van der Waals surface area contributed by atoms with Gasteiger partial charge in [-0.25, -0.2) is 4.39 Å². The van der Waals surface area contributed by atoms with Crippen molar-refractivity contribution in [1.29, 1.82) is 0 Å². The summed E-state index contributed by atoms with van der Waals surface area (Å²) in [6.45, 7) is 7.45. The molecule has 0 aliphatic heterocycles. The molecule has 0 radical (unpaired) electrons. The van der Waals surface area contributed by atoms with Crippen molar-refractivity contribution in [2.45, 2.75) is 39.7 Å². The average molecular weight is 258 g/mol. The number of nitrogens with one attached hydrogen (secondary N) is 1. The van der Waals surface area contributed by atoms with Crippen LogP contribution in [0.4, 0.5) is 4.39 Å². The van der Waals surface area contributed by atoms with Crippen LogP contribution in [0.5, 0.6) is 0 Å². The number of hydrogen-bond donors (Lipinski definition) is 1. The van der Waals surface area contributed by atoms with E-state index in [0.717, 1.165) is 24.9 Å². The summed E-state index contributed by atoms with van der Waals surface area (Å²) in [4.78, 5) is 0. The van der Waals surface area contributed by atoms with Crippen LogP contribution in [0.15, 0.2) is 18.2 Å².